The van der Waals surface area contributed by atoms with E-state index < -0.39 is 11.7 Å². The Morgan fingerprint density at radius 2 is 2.19 bits per heavy atom. The second kappa shape index (κ2) is 11.5. The van der Waals surface area contributed by atoms with Crippen LogP contribution in [-0.2, 0) is 11.3 Å². The van der Waals surface area contributed by atoms with E-state index in [1.807, 2.05) is 18.3 Å². The predicted octanol–water partition coefficient (Wildman–Crippen LogP) is 3.72. The van der Waals surface area contributed by atoms with E-state index in [9.17, 15) is 14.3 Å². The number of aliphatic hydroxyl groups excluding tert-OH is 1. The molecule has 0 saturated carbocycles. The van der Waals surface area contributed by atoms with Crippen molar-refractivity contribution in [1.82, 2.24) is 19.5 Å². The Kier molecular flexibility index (Phi) is 8.17. The fourth-order valence-electron chi connectivity index (χ4n) is 4.33. The van der Waals surface area contributed by atoms with Crippen molar-refractivity contribution >= 4 is 23.1 Å². The Morgan fingerprint density at radius 1 is 1.36 bits per heavy atom. The number of β-amino-alcohol motifs (C(OH)–C–C–N with tert-alkyl or cyclic N) is 1. The molecule has 36 heavy (non-hydrogen) atoms. The van der Waals surface area contributed by atoms with Crippen molar-refractivity contribution < 1.29 is 19.0 Å². The zero-order valence-electron chi connectivity index (χ0n) is 20.7. The van der Waals surface area contributed by atoms with Gasteiger partial charge in [0, 0.05) is 37.0 Å². The minimum Gasteiger partial charge on any atom is -0.473 e. The quantitative estimate of drug-likeness (QED) is 0.368. The van der Waals surface area contributed by atoms with E-state index in [4.69, 9.17) is 9.72 Å². The number of aliphatic hydroxyl groups is 1. The van der Waals surface area contributed by atoms with Gasteiger partial charge in [-0.1, -0.05) is 32.6 Å². The summed E-state index contributed by atoms with van der Waals surface area (Å²) in [4.78, 5) is 18.6. The molecule has 1 amide bonds. The third kappa shape index (κ3) is 6.19. The van der Waals surface area contributed by atoms with Gasteiger partial charge in [0.25, 0.3) is 5.91 Å². The number of halogens is 1. The lowest BCUT2D eigenvalue weighted by atomic mass is 10.1. The van der Waals surface area contributed by atoms with E-state index in [2.05, 4.69) is 41.1 Å². The third-order valence-corrected chi connectivity index (χ3v) is 6.17. The molecule has 4 rings (SSSR count). The van der Waals surface area contributed by atoms with Crippen LogP contribution in [0.2, 0.25) is 0 Å². The number of nitrogens with zero attached hydrogens (tertiary/aromatic N) is 4. The number of carbonyl (C=O) groups is 1. The summed E-state index contributed by atoms with van der Waals surface area (Å²) in [5, 5.41) is 19.7. The van der Waals surface area contributed by atoms with Crippen molar-refractivity contribution in [1.29, 1.82) is 0 Å². The molecular weight excluding hydrogens is 463 g/mol. The summed E-state index contributed by atoms with van der Waals surface area (Å²) in [6.07, 6.45) is 3.75. The van der Waals surface area contributed by atoms with Gasteiger partial charge in [-0.2, -0.15) is 14.6 Å². The van der Waals surface area contributed by atoms with E-state index in [0.717, 1.165) is 48.5 Å². The van der Waals surface area contributed by atoms with Gasteiger partial charge < -0.3 is 20.5 Å². The lowest BCUT2D eigenvalue weighted by molar-refractivity contribution is -0.114. The van der Waals surface area contributed by atoms with Crippen LogP contribution >= 0.6 is 0 Å². The first-order valence-electron chi connectivity index (χ1n) is 12.2. The van der Waals surface area contributed by atoms with Crippen LogP contribution in [0, 0.1) is 0 Å². The molecule has 1 fully saturated rings. The normalized spacial score (nSPS) is 16.3. The highest BCUT2D eigenvalue weighted by atomic mass is 19.1. The fraction of sp³-hybridized carbons (Fsp3) is 0.423. The van der Waals surface area contributed by atoms with Crippen molar-refractivity contribution in [2.75, 3.05) is 36.9 Å². The number of piperidine rings is 1. The van der Waals surface area contributed by atoms with Gasteiger partial charge in [0.1, 0.15) is 11.9 Å². The maximum absolute atomic E-state index is 13.1. The van der Waals surface area contributed by atoms with E-state index in [0.29, 0.717) is 24.7 Å². The minimum absolute atomic E-state index is 0.0101. The van der Waals surface area contributed by atoms with Gasteiger partial charge in [-0.3, -0.25) is 9.69 Å². The smallest absolute Gasteiger partial charge is 0.283 e. The Balaban J connectivity index is 1.56. The van der Waals surface area contributed by atoms with Crippen molar-refractivity contribution in [2.45, 2.75) is 45.3 Å². The van der Waals surface area contributed by atoms with Crippen LogP contribution in [0.5, 0.6) is 5.88 Å². The minimum atomic E-state index is -1.04. The molecule has 3 aromatic rings. The van der Waals surface area contributed by atoms with E-state index in [-0.39, 0.29) is 18.6 Å². The van der Waals surface area contributed by atoms with E-state index in [1.165, 1.54) is 0 Å². The Hall–Kier alpha value is -3.50. The molecule has 0 unspecified atom stereocenters. The standard InChI is InChI=1S/C26H33FN6O3/c1-17(2)22-15-29-33-23(28-14-19-6-4-7-20(12-19)30-26(35)18(3)27)13-24(31-25(22)33)36-21-8-5-9-32(16-21)10-11-34/h4,6-7,12-13,15,17,21,28,34H,3,5,8-11,14,16H2,1-2H3,(H,30,35)/t21-/m1/s1. The van der Waals surface area contributed by atoms with Crippen molar-refractivity contribution in [3.63, 3.8) is 0 Å². The zero-order valence-corrected chi connectivity index (χ0v) is 20.7. The molecule has 10 heteroatoms. The van der Waals surface area contributed by atoms with Crippen LogP contribution < -0.4 is 15.4 Å². The topological polar surface area (TPSA) is 104 Å². The molecule has 192 valence electrons. The molecule has 1 aliphatic rings. The van der Waals surface area contributed by atoms with Gasteiger partial charge in [0.05, 0.1) is 12.8 Å². The number of nitrogens with one attached hydrogen (secondary N) is 2. The third-order valence-electron chi connectivity index (χ3n) is 6.17. The van der Waals surface area contributed by atoms with Crippen LogP contribution in [0.25, 0.3) is 5.65 Å². The van der Waals surface area contributed by atoms with Gasteiger partial charge in [0.2, 0.25) is 5.88 Å². The number of amides is 1. The van der Waals surface area contributed by atoms with Crippen molar-refractivity contribution in [2.24, 2.45) is 0 Å². The monoisotopic (exact) mass is 496 g/mol. The molecule has 3 N–H and O–H groups in total. The highest BCUT2D eigenvalue weighted by molar-refractivity contribution is 6.01. The zero-order chi connectivity index (χ0) is 25.7. The molecule has 1 aliphatic heterocycles. The first kappa shape index (κ1) is 25.6. The molecule has 0 spiro atoms. The second-order valence-electron chi connectivity index (χ2n) is 9.29. The van der Waals surface area contributed by atoms with Crippen LogP contribution in [0.4, 0.5) is 15.9 Å². The number of carbonyl (C=O) groups excluding carboxylic acids is 1. The first-order chi connectivity index (χ1) is 17.3. The number of likely N-dealkylation sites (tertiary alicyclic amines) is 1. The van der Waals surface area contributed by atoms with Gasteiger partial charge in [-0.25, -0.2) is 4.39 Å². The van der Waals surface area contributed by atoms with Crippen LogP contribution in [-0.4, -0.2) is 62.9 Å². The lowest BCUT2D eigenvalue weighted by Gasteiger charge is -2.32. The molecule has 0 radical (unpaired) electrons. The molecule has 2 aromatic heterocycles. The molecule has 0 aliphatic carbocycles. The van der Waals surface area contributed by atoms with Crippen molar-refractivity contribution in [3.8, 4) is 5.88 Å². The maximum atomic E-state index is 13.1. The number of hydrogen-bond acceptors (Lipinski definition) is 7. The first-order valence-corrected chi connectivity index (χ1v) is 12.2. The number of benzene rings is 1. The summed E-state index contributed by atoms with van der Waals surface area (Å²) in [6.45, 7) is 10.1. The Labute approximate surface area is 210 Å². The van der Waals surface area contributed by atoms with Crippen LogP contribution in [0.3, 0.4) is 0 Å². The molecule has 1 aromatic carbocycles. The Bertz CT molecular complexity index is 1230. The molecule has 1 saturated heterocycles. The number of ether oxygens (including phenoxy) is 1. The average Bonchev–Trinajstić information content (AvgIpc) is 3.28. The summed E-state index contributed by atoms with van der Waals surface area (Å²) in [5.74, 6) is -0.432. The second-order valence-corrected chi connectivity index (χ2v) is 9.29. The summed E-state index contributed by atoms with van der Waals surface area (Å²) in [5.41, 5.74) is 3.11. The van der Waals surface area contributed by atoms with Gasteiger partial charge in [0.15, 0.2) is 11.5 Å². The predicted molar refractivity (Wildman–Crippen MR) is 137 cm³/mol. The number of anilines is 2. The summed E-state index contributed by atoms with van der Waals surface area (Å²) in [7, 11) is 0. The average molecular weight is 497 g/mol. The largest absolute Gasteiger partial charge is 0.473 e. The van der Waals surface area contributed by atoms with E-state index >= 15 is 0 Å². The van der Waals surface area contributed by atoms with Gasteiger partial charge >= 0.3 is 0 Å². The van der Waals surface area contributed by atoms with Gasteiger partial charge in [-0.05, 0) is 43.0 Å². The maximum Gasteiger partial charge on any atom is 0.283 e. The fourth-order valence-corrected chi connectivity index (χ4v) is 4.33. The van der Waals surface area contributed by atoms with E-state index in [1.54, 1.807) is 22.7 Å². The Morgan fingerprint density at radius 3 is 2.94 bits per heavy atom. The molecular formula is C26H33FN6O3. The number of hydrogen-bond donors (Lipinski definition) is 3. The van der Waals surface area contributed by atoms with Gasteiger partial charge in [-0.15, -0.1) is 0 Å². The van der Waals surface area contributed by atoms with Crippen LogP contribution in [0.1, 0.15) is 43.7 Å². The summed E-state index contributed by atoms with van der Waals surface area (Å²) in [6, 6.07) is 8.99. The summed E-state index contributed by atoms with van der Waals surface area (Å²) < 4.78 is 21.1. The molecule has 0 bridgehead atoms. The summed E-state index contributed by atoms with van der Waals surface area (Å²) >= 11 is 0. The molecule has 3 heterocycles. The molecule has 1 atom stereocenters. The number of aromatic nitrogens is 3. The highest BCUT2D eigenvalue weighted by Crippen LogP contribution is 2.27. The SMILES string of the molecule is C=C(F)C(=O)Nc1cccc(CNc2cc(O[C@@H]3CCCN(CCO)C3)nc3c(C(C)C)cnn23)c1. The van der Waals surface area contributed by atoms with Crippen LogP contribution in [0.15, 0.2) is 48.9 Å². The number of rotatable bonds is 10. The number of fused-ring (bicyclic) bond motifs is 1. The highest BCUT2D eigenvalue weighted by Gasteiger charge is 2.23. The molecule has 9 nitrogen and oxygen atoms in total. The van der Waals surface area contributed by atoms with Crippen molar-refractivity contribution in [3.05, 3.63) is 60.1 Å². The lowest BCUT2D eigenvalue weighted by Crippen LogP contribution is -2.42.